The molecule has 0 unspecified atom stereocenters. The first-order valence-corrected chi connectivity index (χ1v) is 9.03. The molecule has 0 N–H and O–H groups in total. The first kappa shape index (κ1) is 16.7. The number of fused-ring (bicyclic) bond motifs is 2. The Kier molecular flexibility index (Phi) is 3.92. The zero-order chi connectivity index (χ0) is 19.1. The number of pyridine rings is 2. The van der Waals surface area contributed by atoms with Crippen LogP contribution in [0.25, 0.3) is 22.3 Å². The third-order valence-corrected chi connectivity index (χ3v) is 5.13. The van der Waals surface area contributed by atoms with E-state index in [-0.39, 0.29) is 12.1 Å². The molecule has 2 aliphatic heterocycles. The summed E-state index contributed by atoms with van der Waals surface area (Å²) in [7, 11) is 1.61. The van der Waals surface area contributed by atoms with Crippen molar-refractivity contribution < 1.29 is 14.3 Å². The van der Waals surface area contributed by atoms with E-state index in [1.54, 1.807) is 36.8 Å². The minimum absolute atomic E-state index is 0.0171. The Balaban J connectivity index is 1.64. The lowest BCUT2D eigenvalue weighted by atomic mass is 10.1. The van der Waals surface area contributed by atoms with E-state index >= 15 is 0 Å². The third kappa shape index (κ3) is 2.67. The van der Waals surface area contributed by atoms with E-state index in [2.05, 4.69) is 14.9 Å². The highest BCUT2D eigenvalue weighted by atomic mass is 16.6. The number of nitrogens with zero attached hydrogens (tertiary/aromatic N) is 6. The van der Waals surface area contributed by atoms with Crippen LogP contribution in [0.4, 0.5) is 10.6 Å². The Hall–Kier alpha value is -3.49. The summed E-state index contributed by atoms with van der Waals surface area (Å²) in [5.41, 5.74) is 1.58. The minimum atomic E-state index is -0.239. The van der Waals surface area contributed by atoms with E-state index in [0.29, 0.717) is 43.3 Å². The Morgan fingerprint density at radius 2 is 2.00 bits per heavy atom. The van der Waals surface area contributed by atoms with Crippen molar-refractivity contribution in [3.63, 3.8) is 0 Å². The van der Waals surface area contributed by atoms with Gasteiger partial charge in [0.1, 0.15) is 18.2 Å². The maximum absolute atomic E-state index is 11.8. The van der Waals surface area contributed by atoms with Gasteiger partial charge in [0.05, 0.1) is 36.4 Å². The predicted molar refractivity (Wildman–Crippen MR) is 101 cm³/mol. The summed E-state index contributed by atoms with van der Waals surface area (Å²) in [6, 6.07) is 3.77. The van der Waals surface area contributed by atoms with Gasteiger partial charge in [-0.05, 0) is 12.1 Å². The van der Waals surface area contributed by atoms with Crippen molar-refractivity contribution >= 4 is 22.8 Å². The highest BCUT2D eigenvalue weighted by Crippen LogP contribution is 2.35. The number of piperazine rings is 1. The molecular formula is C19H18N6O3. The lowest BCUT2D eigenvalue weighted by molar-refractivity contribution is 0.157. The van der Waals surface area contributed by atoms with Crippen molar-refractivity contribution in [3.05, 3.63) is 36.9 Å². The van der Waals surface area contributed by atoms with Gasteiger partial charge in [-0.15, -0.1) is 0 Å². The van der Waals surface area contributed by atoms with Gasteiger partial charge < -0.3 is 14.4 Å². The second-order valence-electron chi connectivity index (χ2n) is 6.71. The molecule has 2 aliphatic rings. The molecular weight excluding hydrogens is 360 g/mol. The number of amides is 1. The van der Waals surface area contributed by atoms with Gasteiger partial charge in [-0.2, -0.15) is 0 Å². The largest absolute Gasteiger partial charge is 0.494 e. The minimum Gasteiger partial charge on any atom is -0.494 e. The van der Waals surface area contributed by atoms with E-state index in [9.17, 15) is 4.79 Å². The summed E-state index contributed by atoms with van der Waals surface area (Å²) < 4.78 is 10.7. The Labute approximate surface area is 160 Å². The van der Waals surface area contributed by atoms with Crippen LogP contribution in [0.1, 0.15) is 0 Å². The molecule has 0 spiro atoms. The van der Waals surface area contributed by atoms with Gasteiger partial charge in [-0.3, -0.25) is 14.9 Å². The zero-order valence-electron chi connectivity index (χ0n) is 15.3. The maximum atomic E-state index is 11.8. The topological polar surface area (TPSA) is 93.6 Å². The van der Waals surface area contributed by atoms with Crippen LogP contribution in [0.15, 0.2) is 36.9 Å². The summed E-state index contributed by atoms with van der Waals surface area (Å²) in [6.45, 7) is 2.28. The van der Waals surface area contributed by atoms with Crippen LogP contribution < -0.4 is 9.64 Å². The summed E-state index contributed by atoms with van der Waals surface area (Å²) in [5.74, 6) is 1.99. The Bertz CT molecular complexity index is 1040. The number of rotatable bonds is 3. The molecule has 0 radical (unpaired) electrons. The summed E-state index contributed by atoms with van der Waals surface area (Å²) >= 11 is 0. The first-order chi connectivity index (χ1) is 13.7. The van der Waals surface area contributed by atoms with Crippen molar-refractivity contribution in [1.82, 2.24) is 24.8 Å². The van der Waals surface area contributed by atoms with Gasteiger partial charge >= 0.3 is 6.09 Å². The zero-order valence-corrected chi connectivity index (χ0v) is 15.3. The number of anilines is 1. The fourth-order valence-electron chi connectivity index (χ4n) is 3.73. The van der Waals surface area contributed by atoms with E-state index < -0.39 is 0 Å². The van der Waals surface area contributed by atoms with Crippen LogP contribution in [0, 0.1) is 0 Å². The second-order valence-corrected chi connectivity index (χ2v) is 6.71. The molecule has 142 valence electrons. The molecule has 0 bridgehead atoms. The predicted octanol–water partition coefficient (Wildman–Crippen LogP) is 1.74. The molecule has 1 atom stereocenters. The van der Waals surface area contributed by atoms with Crippen LogP contribution in [-0.2, 0) is 4.74 Å². The third-order valence-electron chi connectivity index (χ3n) is 5.13. The van der Waals surface area contributed by atoms with E-state index in [0.717, 1.165) is 16.8 Å². The van der Waals surface area contributed by atoms with Gasteiger partial charge in [0, 0.05) is 37.6 Å². The fraction of sp³-hybridized carbons (Fsp3) is 0.316. The monoisotopic (exact) mass is 378 g/mol. The van der Waals surface area contributed by atoms with Crippen LogP contribution in [0.5, 0.6) is 5.75 Å². The quantitative estimate of drug-likeness (QED) is 0.680. The van der Waals surface area contributed by atoms with E-state index in [4.69, 9.17) is 19.4 Å². The molecule has 0 aromatic carbocycles. The molecule has 1 amide bonds. The Morgan fingerprint density at radius 3 is 2.82 bits per heavy atom. The molecule has 3 aromatic heterocycles. The van der Waals surface area contributed by atoms with Crippen molar-refractivity contribution in [1.29, 1.82) is 0 Å². The summed E-state index contributed by atoms with van der Waals surface area (Å²) in [4.78, 5) is 33.7. The molecule has 2 saturated heterocycles. The summed E-state index contributed by atoms with van der Waals surface area (Å²) in [6.07, 6.45) is 6.57. The number of cyclic esters (lactones) is 1. The average Bonchev–Trinajstić information content (AvgIpc) is 3.13. The number of methoxy groups -OCH3 is 1. The highest BCUT2D eigenvalue weighted by molar-refractivity contribution is 5.95. The first-order valence-electron chi connectivity index (χ1n) is 9.03. The number of hydrogen-bond acceptors (Lipinski definition) is 8. The molecule has 0 aliphatic carbocycles. The van der Waals surface area contributed by atoms with Crippen LogP contribution in [0.3, 0.4) is 0 Å². The van der Waals surface area contributed by atoms with Crippen LogP contribution >= 0.6 is 0 Å². The number of ether oxygens (including phenoxy) is 2. The van der Waals surface area contributed by atoms with Crippen molar-refractivity contribution in [2.45, 2.75) is 6.04 Å². The molecule has 28 heavy (non-hydrogen) atoms. The van der Waals surface area contributed by atoms with Gasteiger partial charge in [0.2, 0.25) is 0 Å². The molecule has 9 nitrogen and oxygen atoms in total. The van der Waals surface area contributed by atoms with Gasteiger partial charge in [-0.1, -0.05) is 0 Å². The molecule has 3 aromatic rings. The number of carbonyl (C=O) groups excluding carboxylic acids is 1. The van der Waals surface area contributed by atoms with Crippen LogP contribution in [0.2, 0.25) is 0 Å². The molecule has 2 fully saturated rings. The van der Waals surface area contributed by atoms with Crippen LogP contribution in [-0.4, -0.2) is 70.3 Å². The smallest absolute Gasteiger partial charge is 0.410 e. The SMILES string of the molecule is COc1cncc2nc(-c3ccncc3)nc(N3CCN4C(=O)OC[C@H]4C3)c12. The normalized spacial score (nSPS) is 18.9. The van der Waals surface area contributed by atoms with Crippen molar-refractivity contribution in [2.75, 3.05) is 38.3 Å². The van der Waals surface area contributed by atoms with Gasteiger partial charge in [0.15, 0.2) is 5.82 Å². The molecule has 0 saturated carbocycles. The number of hydrogen-bond donors (Lipinski definition) is 0. The lowest BCUT2D eigenvalue weighted by Crippen LogP contribution is -2.52. The lowest BCUT2D eigenvalue weighted by Gasteiger charge is -2.36. The molecule has 9 heteroatoms. The standard InChI is InChI=1S/C19H18N6O3/c1-27-15-9-21-8-14-16(15)18(23-17(22-14)12-2-4-20-5-3-12)24-6-7-25-13(10-24)11-28-19(25)26/h2-5,8-9,13H,6-7,10-11H2,1H3/t13-/m1/s1. The van der Waals surface area contributed by atoms with E-state index in [1.165, 1.54) is 0 Å². The molecule has 5 heterocycles. The van der Waals surface area contributed by atoms with Gasteiger partial charge in [-0.25, -0.2) is 14.8 Å². The molecule has 5 rings (SSSR count). The summed E-state index contributed by atoms with van der Waals surface area (Å²) in [5, 5.41) is 0.814. The Morgan fingerprint density at radius 1 is 1.14 bits per heavy atom. The number of carbonyl (C=O) groups is 1. The van der Waals surface area contributed by atoms with Gasteiger partial charge in [0.25, 0.3) is 0 Å². The highest BCUT2D eigenvalue weighted by Gasteiger charge is 2.38. The maximum Gasteiger partial charge on any atom is 0.410 e. The number of aromatic nitrogens is 4. The van der Waals surface area contributed by atoms with Crippen molar-refractivity contribution in [2.24, 2.45) is 0 Å². The van der Waals surface area contributed by atoms with Crippen molar-refractivity contribution in [3.8, 4) is 17.1 Å². The van der Waals surface area contributed by atoms with E-state index in [1.807, 2.05) is 12.1 Å². The second kappa shape index (κ2) is 6.59. The average molecular weight is 378 g/mol. The fourth-order valence-corrected chi connectivity index (χ4v) is 3.73.